The van der Waals surface area contributed by atoms with Gasteiger partial charge >= 0.3 is 0 Å². The Bertz CT molecular complexity index is 722. The van der Waals surface area contributed by atoms with Gasteiger partial charge in [0, 0.05) is 31.4 Å². The molecule has 0 saturated heterocycles. The number of hydrogen-bond acceptors (Lipinski definition) is 4. The van der Waals surface area contributed by atoms with E-state index in [1.165, 1.54) is 4.68 Å². The summed E-state index contributed by atoms with van der Waals surface area (Å²) >= 11 is 0. The van der Waals surface area contributed by atoms with E-state index in [0.717, 1.165) is 22.9 Å². The summed E-state index contributed by atoms with van der Waals surface area (Å²) in [5.74, 6) is -0.115. The lowest BCUT2D eigenvalue weighted by Crippen LogP contribution is -2.25. The number of benzene rings is 1. The molecule has 2 aromatic rings. The highest BCUT2D eigenvalue weighted by Gasteiger charge is 2.11. The van der Waals surface area contributed by atoms with E-state index in [4.69, 9.17) is 4.74 Å². The SMILES string of the molecule is Cc1ccc2c(cnn2C(=O)CCCC(=O)NCCCOC(C)C)c1. The highest BCUT2D eigenvalue weighted by atomic mass is 16.5. The van der Waals surface area contributed by atoms with Crippen molar-refractivity contribution < 1.29 is 14.3 Å². The molecular weight excluding hydrogens is 318 g/mol. The van der Waals surface area contributed by atoms with Crippen LogP contribution >= 0.6 is 0 Å². The van der Waals surface area contributed by atoms with Crippen molar-refractivity contribution in [2.75, 3.05) is 13.2 Å². The smallest absolute Gasteiger partial charge is 0.247 e. The van der Waals surface area contributed by atoms with Gasteiger partial charge in [-0.3, -0.25) is 9.59 Å². The van der Waals surface area contributed by atoms with Crippen LogP contribution in [0.4, 0.5) is 0 Å². The van der Waals surface area contributed by atoms with Gasteiger partial charge in [0.05, 0.1) is 17.8 Å². The molecule has 6 nitrogen and oxygen atoms in total. The van der Waals surface area contributed by atoms with Gasteiger partial charge in [0.1, 0.15) is 0 Å². The number of nitrogens with zero attached hydrogens (tertiary/aromatic N) is 2. The Hall–Kier alpha value is -2.21. The van der Waals surface area contributed by atoms with Crippen molar-refractivity contribution in [1.29, 1.82) is 0 Å². The molecule has 0 atom stereocenters. The lowest BCUT2D eigenvalue weighted by atomic mass is 10.2. The molecule has 136 valence electrons. The van der Waals surface area contributed by atoms with E-state index >= 15 is 0 Å². The molecule has 1 amide bonds. The molecule has 0 aliphatic carbocycles. The van der Waals surface area contributed by atoms with Gasteiger partial charge in [0.2, 0.25) is 11.8 Å². The zero-order chi connectivity index (χ0) is 18.2. The molecule has 6 heteroatoms. The van der Waals surface area contributed by atoms with E-state index in [2.05, 4.69) is 10.4 Å². The molecule has 0 bridgehead atoms. The third-order valence-electron chi connectivity index (χ3n) is 3.85. The topological polar surface area (TPSA) is 73.2 Å². The molecule has 0 radical (unpaired) electrons. The number of hydrogen-bond donors (Lipinski definition) is 1. The molecule has 0 saturated carbocycles. The summed E-state index contributed by atoms with van der Waals surface area (Å²) in [6.07, 6.45) is 3.86. The van der Waals surface area contributed by atoms with Crippen LogP contribution in [0.1, 0.15) is 49.9 Å². The highest BCUT2D eigenvalue weighted by Crippen LogP contribution is 2.16. The lowest BCUT2D eigenvalue weighted by molar-refractivity contribution is -0.121. The van der Waals surface area contributed by atoms with Gasteiger partial charge in [-0.2, -0.15) is 5.10 Å². The first-order valence-electron chi connectivity index (χ1n) is 8.83. The minimum absolute atomic E-state index is 0.0294. The molecule has 0 aliphatic heterocycles. The maximum absolute atomic E-state index is 12.3. The van der Waals surface area contributed by atoms with Crippen molar-refractivity contribution in [2.24, 2.45) is 0 Å². The summed E-state index contributed by atoms with van der Waals surface area (Å²) in [6, 6.07) is 5.87. The second-order valence-electron chi connectivity index (χ2n) is 6.49. The van der Waals surface area contributed by atoms with Crippen molar-refractivity contribution in [3.63, 3.8) is 0 Å². The Morgan fingerprint density at radius 2 is 2.04 bits per heavy atom. The van der Waals surface area contributed by atoms with Crippen molar-refractivity contribution in [3.05, 3.63) is 30.0 Å². The van der Waals surface area contributed by atoms with Crippen LogP contribution in [0.5, 0.6) is 0 Å². The van der Waals surface area contributed by atoms with Gasteiger partial charge < -0.3 is 10.1 Å². The van der Waals surface area contributed by atoms with Crippen LogP contribution in [0.3, 0.4) is 0 Å². The largest absolute Gasteiger partial charge is 0.379 e. The Labute approximate surface area is 148 Å². The summed E-state index contributed by atoms with van der Waals surface area (Å²) in [5.41, 5.74) is 1.94. The number of carbonyl (C=O) groups excluding carboxylic acids is 2. The van der Waals surface area contributed by atoms with Crippen LogP contribution in [0.15, 0.2) is 24.4 Å². The van der Waals surface area contributed by atoms with E-state index in [1.807, 2.05) is 39.0 Å². The standard InChI is InChI=1S/C19H27N3O3/c1-14(2)25-11-5-10-20-18(23)6-4-7-19(24)22-17-9-8-15(3)12-16(17)13-21-22/h8-9,12-14H,4-7,10-11H2,1-3H3,(H,20,23). The van der Waals surface area contributed by atoms with Crippen LogP contribution in [0.2, 0.25) is 0 Å². The molecule has 1 aromatic heterocycles. The summed E-state index contributed by atoms with van der Waals surface area (Å²) in [5, 5.41) is 7.97. The third kappa shape index (κ3) is 5.98. The van der Waals surface area contributed by atoms with Gasteiger partial charge in [-0.1, -0.05) is 11.6 Å². The first-order valence-corrected chi connectivity index (χ1v) is 8.83. The Kier molecular flexibility index (Phi) is 7.13. The van der Waals surface area contributed by atoms with Crippen molar-refractivity contribution >= 4 is 22.7 Å². The second-order valence-corrected chi connectivity index (χ2v) is 6.49. The van der Waals surface area contributed by atoms with Crippen molar-refractivity contribution in [3.8, 4) is 0 Å². The van der Waals surface area contributed by atoms with Gasteiger partial charge in [-0.15, -0.1) is 0 Å². The molecule has 0 spiro atoms. The molecular formula is C19H27N3O3. The fraction of sp³-hybridized carbons (Fsp3) is 0.526. The molecule has 0 fully saturated rings. The molecule has 0 aliphatic rings. The first-order chi connectivity index (χ1) is 12.0. The number of aryl methyl sites for hydroxylation is 1. The van der Waals surface area contributed by atoms with E-state index in [-0.39, 0.29) is 17.9 Å². The predicted octanol–water partition coefficient (Wildman–Crippen LogP) is 3.09. The molecule has 1 heterocycles. The Balaban J connectivity index is 1.70. The van der Waals surface area contributed by atoms with E-state index < -0.39 is 0 Å². The fourth-order valence-electron chi connectivity index (χ4n) is 2.56. The quantitative estimate of drug-likeness (QED) is 0.709. The Morgan fingerprint density at radius 1 is 1.24 bits per heavy atom. The van der Waals surface area contributed by atoms with Crippen LogP contribution in [-0.2, 0) is 9.53 Å². The first kappa shape index (κ1) is 19.1. The van der Waals surface area contributed by atoms with Gasteiger partial charge in [-0.25, -0.2) is 4.68 Å². The zero-order valence-corrected chi connectivity index (χ0v) is 15.2. The highest BCUT2D eigenvalue weighted by molar-refractivity contribution is 5.91. The van der Waals surface area contributed by atoms with Crippen LogP contribution in [0.25, 0.3) is 10.9 Å². The normalized spacial score (nSPS) is 11.2. The minimum Gasteiger partial charge on any atom is -0.379 e. The number of rotatable bonds is 9. The summed E-state index contributed by atoms with van der Waals surface area (Å²) < 4.78 is 6.84. The maximum atomic E-state index is 12.3. The van der Waals surface area contributed by atoms with Gasteiger partial charge in [-0.05, 0) is 45.7 Å². The average molecular weight is 345 g/mol. The van der Waals surface area contributed by atoms with Gasteiger partial charge in [0.15, 0.2) is 0 Å². The number of carbonyl (C=O) groups is 2. The monoisotopic (exact) mass is 345 g/mol. The fourth-order valence-corrected chi connectivity index (χ4v) is 2.56. The molecule has 1 N–H and O–H groups in total. The lowest BCUT2D eigenvalue weighted by Gasteiger charge is -2.08. The Morgan fingerprint density at radius 3 is 2.80 bits per heavy atom. The van der Waals surface area contributed by atoms with Crippen molar-refractivity contribution in [1.82, 2.24) is 15.1 Å². The number of aromatic nitrogens is 2. The average Bonchev–Trinajstić information content (AvgIpc) is 2.97. The number of amides is 1. The molecule has 25 heavy (non-hydrogen) atoms. The number of fused-ring (bicyclic) bond motifs is 1. The van der Waals surface area contributed by atoms with E-state index in [9.17, 15) is 9.59 Å². The van der Waals surface area contributed by atoms with E-state index in [1.54, 1.807) is 6.20 Å². The molecule has 1 aromatic carbocycles. The summed E-state index contributed by atoms with van der Waals surface area (Å²) in [7, 11) is 0. The van der Waals surface area contributed by atoms with Crippen LogP contribution < -0.4 is 5.32 Å². The predicted molar refractivity (Wildman–Crippen MR) is 97.7 cm³/mol. The summed E-state index contributed by atoms with van der Waals surface area (Å²) in [4.78, 5) is 24.1. The number of ether oxygens (including phenoxy) is 1. The molecule has 0 unspecified atom stereocenters. The maximum Gasteiger partial charge on any atom is 0.247 e. The minimum atomic E-state index is -0.0861. The number of nitrogens with one attached hydrogen (secondary N) is 1. The summed E-state index contributed by atoms with van der Waals surface area (Å²) in [6.45, 7) is 7.22. The third-order valence-corrected chi connectivity index (χ3v) is 3.85. The van der Waals surface area contributed by atoms with Crippen LogP contribution in [0, 0.1) is 6.92 Å². The van der Waals surface area contributed by atoms with Gasteiger partial charge in [0.25, 0.3) is 0 Å². The van der Waals surface area contributed by atoms with E-state index in [0.29, 0.717) is 32.4 Å². The second kappa shape index (κ2) is 9.32. The zero-order valence-electron chi connectivity index (χ0n) is 15.2. The van der Waals surface area contributed by atoms with Crippen molar-refractivity contribution in [2.45, 2.75) is 52.6 Å². The van der Waals surface area contributed by atoms with Crippen LogP contribution in [-0.4, -0.2) is 40.9 Å². The molecule has 2 rings (SSSR count).